The summed E-state index contributed by atoms with van der Waals surface area (Å²) >= 11 is 0. The van der Waals surface area contributed by atoms with E-state index in [4.69, 9.17) is 5.73 Å². The number of rotatable bonds is 2. The van der Waals surface area contributed by atoms with Gasteiger partial charge in [0.1, 0.15) is 0 Å². The lowest BCUT2D eigenvalue weighted by molar-refractivity contribution is 0.0698. The Labute approximate surface area is 158 Å². The molecule has 0 radical (unpaired) electrons. The van der Waals surface area contributed by atoms with Crippen molar-refractivity contribution >= 4 is 17.6 Å². The topological polar surface area (TPSA) is 87.8 Å². The molecule has 0 saturated carbocycles. The first-order chi connectivity index (χ1) is 13.1. The minimum atomic E-state index is -0.719. The molecule has 2 aromatic carbocycles. The van der Waals surface area contributed by atoms with Crippen molar-refractivity contribution in [2.75, 3.05) is 13.1 Å². The number of piperidine rings is 1. The molecular formula is C21H22N4O2. The van der Waals surface area contributed by atoms with Gasteiger partial charge in [-0.1, -0.05) is 43.3 Å². The van der Waals surface area contributed by atoms with Crippen LogP contribution in [-0.2, 0) is 0 Å². The molecule has 1 fully saturated rings. The monoisotopic (exact) mass is 362 g/mol. The average Bonchev–Trinajstić information content (AvgIpc) is 3.00. The van der Waals surface area contributed by atoms with Crippen molar-refractivity contribution in [1.29, 1.82) is 0 Å². The van der Waals surface area contributed by atoms with Crippen molar-refractivity contribution < 1.29 is 9.59 Å². The Hall–Kier alpha value is -3.15. The van der Waals surface area contributed by atoms with Crippen LogP contribution in [0.5, 0.6) is 0 Å². The quantitative estimate of drug-likeness (QED) is 0.687. The third-order valence-corrected chi connectivity index (χ3v) is 5.35. The summed E-state index contributed by atoms with van der Waals surface area (Å²) in [4.78, 5) is 26.3. The minimum absolute atomic E-state index is 0.0534. The Morgan fingerprint density at radius 1 is 1.04 bits per heavy atom. The molecule has 2 aromatic rings. The van der Waals surface area contributed by atoms with Gasteiger partial charge in [-0.2, -0.15) is 5.10 Å². The SMILES string of the molecule is CC1CCN(C(=O)c2cccc3c2-c2ccccc2/C3=N\NC(N)=O)CC1. The van der Waals surface area contributed by atoms with Crippen molar-refractivity contribution in [3.63, 3.8) is 0 Å². The van der Waals surface area contributed by atoms with E-state index in [0.29, 0.717) is 17.2 Å². The third-order valence-electron chi connectivity index (χ3n) is 5.35. The number of primary amides is 1. The number of hydrogen-bond donors (Lipinski definition) is 2. The van der Waals surface area contributed by atoms with Gasteiger partial charge in [-0.15, -0.1) is 0 Å². The standard InChI is InChI=1S/C21H22N4O2/c1-13-9-11-25(12-10-13)20(26)17-8-4-7-16-18(17)14-5-2-3-6-15(14)19(16)23-24-21(22)27/h2-8,13H,9-12H2,1H3,(H3,22,24,27)/b23-19+. The number of benzene rings is 2. The normalized spacial score (nSPS) is 17.5. The number of hydrazone groups is 1. The predicted octanol–water partition coefficient (Wildman–Crippen LogP) is 2.96. The average molecular weight is 362 g/mol. The van der Waals surface area contributed by atoms with Crippen LogP contribution >= 0.6 is 0 Å². The molecule has 1 aliphatic heterocycles. The number of nitrogens with one attached hydrogen (secondary N) is 1. The van der Waals surface area contributed by atoms with Crippen molar-refractivity contribution in [2.45, 2.75) is 19.8 Å². The highest BCUT2D eigenvalue weighted by Gasteiger charge is 2.31. The van der Waals surface area contributed by atoms with Crippen LogP contribution in [0.25, 0.3) is 11.1 Å². The highest BCUT2D eigenvalue weighted by molar-refractivity contribution is 6.27. The number of nitrogens with two attached hydrogens (primary N) is 1. The van der Waals surface area contributed by atoms with E-state index in [9.17, 15) is 9.59 Å². The Morgan fingerprint density at radius 2 is 1.70 bits per heavy atom. The van der Waals surface area contributed by atoms with Crippen LogP contribution < -0.4 is 11.2 Å². The molecule has 0 bridgehead atoms. The zero-order valence-electron chi connectivity index (χ0n) is 15.2. The fraction of sp³-hybridized carbons (Fsp3) is 0.286. The van der Waals surface area contributed by atoms with Gasteiger partial charge in [0.05, 0.1) is 5.71 Å². The van der Waals surface area contributed by atoms with Gasteiger partial charge in [-0.05, 0) is 30.4 Å². The molecule has 6 heteroatoms. The zero-order chi connectivity index (χ0) is 19.0. The first-order valence-corrected chi connectivity index (χ1v) is 9.22. The molecule has 4 rings (SSSR count). The molecule has 138 valence electrons. The van der Waals surface area contributed by atoms with Crippen molar-refractivity contribution in [3.05, 3.63) is 59.2 Å². The molecule has 27 heavy (non-hydrogen) atoms. The van der Waals surface area contributed by atoms with Crippen LogP contribution in [0.1, 0.15) is 41.3 Å². The van der Waals surface area contributed by atoms with Crippen LogP contribution in [0, 0.1) is 5.92 Å². The molecule has 1 saturated heterocycles. The molecule has 2 aliphatic rings. The van der Waals surface area contributed by atoms with E-state index in [-0.39, 0.29) is 5.91 Å². The van der Waals surface area contributed by atoms with Gasteiger partial charge >= 0.3 is 6.03 Å². The van der Waals surface area contributed by atoms with Crippen molar-refractivity contribution in [3.8, 4) is 11.1 Å². The molecule has 0 spiro atoms. The van der Waals surface area contributed by atoms with Crippen LogP contribution in [0.15, 0.2) is 47.6 Å². The van der Waals surface area contributed by atoms with Crippen LogP contribution in [0.4, 0.5) is 4.79 Å². The smallest absolute Gasteiger partial charge is 0.332 e. The number of fused-ring (bicyclic) bond motifs is 3. The highest BCUT2D eigenvalue weighted by Crippen LogP contribution is 2.39. The molecule has 0 aromatic heterocycles. The van der Waals surface area contributed by atoms with E-state index in [1.54, 1.807) is 0 Å². The summed E-state index contributed by atoms with van der Waals surface area (Å²) in [6, 6.07) is 12.7. The van der Waals surface area contributed by atoms with Crippen LogP contribution in [0.3, 0.4) is 0 Å². The summed E-state index contributed by atoms with van der Waals surface area (Å²) in [6.45, 7) is 3.80. The summed E-state index contributed by atoms with van der Waals surface area (Å²) in [6.07, 6.45) is 2.07. The first-order valence-electron chi connectivity index (χ1n) is 9.22. The second-order valence-corrected chi connectivity index (χ2v) is 7.18. The Morgan fingerprint density at radius 3 is 2.41 bits per heavy atom. The summed E-state index contributed by atoms with van der Waals surface area (Å²) in [5.41, 5.74) is 12.3. The summed E-state index contributed by atoms with van der Waals surface area (Å²) in [5.74, 6) is 0.715. The largest absolute Gasteiger partial charge is 0.350 e. The van der Waals surface area contributed by atoms with E-state index in [0.717, 1.165) is 48.2 Å². The van der Waals surface area contributed by atoms with E-state index in [2.05, 4.69) is 17.5 Å². The molecular weight excluding hydrogens is 340 g/mol. The van der Waals surface area contributed by atoms with E-state index in [1.165, 1.54) is 0 Å². The highest BCUT2D eigenvalue weighted by atomic mass is 16.2. The van der Waals surface area contributed by atoms with Crippen molar-refractivity contribution in [2.24, 2.45) is 16.8 Å². The number of carbonyl (C=O) groups is 2. The summed E-state index contributed by atoms with van der Waals surface area (Å²) in [5, 5.41) is 4.20. The number of carbonyl (C=O) groups excluding carboxylic acids is 2. The maximum absolute atomic E-state index is 13.2. The molecule has 3 amide bonds. The number of likely N-dealkylation sites (tertiary alicyclic amines) is 1. The third kappa shape index (κ3) is 3.07. The molecule has 3 N–H and O–H groups in total. The van der Waals surface area contributed by atoms with Gasteiger partial charge in [0, 0.05) is 35.3 Å². The lowest BCUT2D eigenvalue weighted by Crippen LogP contribution is -2.38. The lowest BCUT2D eigenvalue weighted by Gasteiger charge is -2.30. The fourth-order valence-electron chi connectivity index (χ4n) is 3.88. The Kier molecular flexibility index (Phi) is 4.39. The molecule has 6 nitrogen and oxygen atoms in total. The number of hydrogen-bond acceptors (Lipinski definition) is 3. The zero-order valence-corrected chi connectivity index (χ0v) is 15.2. The van der Waals surface area contributed by atoms with Crippen LogP contribution in [-0.4, -0.2) is 35.6 Å². The second kappa shape index (κ2) is 6.87. The fourth-order valence-corrected chi connectivity index (χ4v) is 3.88. The van der Waals surface area contributed by atoms with Crippen molar-refractivity contribution in [1.82, 2.24) is 10.3 Å². The maximum Gasteiger partial charge on any atom is 0.332 e. The molecule has 1 heterocycles. The van der Waals surface area contributed by atoms with Gasteiger partial charge in [-0.25, -0.2) is 10.2 Å². The number of amides is 3. The Bertz CT molecular complexity index is 943. The van der Waals surface area contributed by atoms with Gasteiger partial charge in [0.15, 0.2) is 0 Å². The maximum atomic E-state index is 13.2. The predicted molar refractivity (Wildman–Crippen MR) is 105 cm³/mol. The second-order valence-electron chi connectivity index (χ2n) is 7.18. The molecule has 1 aliphatic carbocycles. The van der Waals surface area contributed by atoms with Crippen LogP contribution in [0.2, 0.25) is 0 Å². The van der Waals surface area contributed by atoms with E-state index >= 15 is 0 Å². The first kappa shape index (κ1) is 17.3. The number of urea groups is 1. The van der Waals surface area contributed by atoms with Gasteiger partial charge in [0.2, 0.25) is 0 Å². The molecule has 0 atom stereocenters. The Balaban J connectivity index is 1.80. The summed E-state index contributed by atoms with van der Waals surface area (Å²) < 4.78 is 0. The molecule has 0 unspecified atom stereocenters. The van der Waals surface area contributed by atoms with Gasteiger partial charge < -0.3 is 10.6 Å². The van der Waals surface area contributed by atoms with E-state index < -0.39 is 6.03 Å². The van der Waals surface area contributed by atoms with E-state index in [1.807, 2.05) is 47.4 Å². The lowest BCUT2D eigenvalue weighted by atomic mass is 9.95. The van der Waals surface area contributed by atoms with Gasteiger partial charge in [0.25, 0.3) is 5.91 Å². The van der Waals surface area contributed by atoms with Gasteiger partial charge in [-0.3, -0.25) is 4.79 Å². The minimum Gasteiger partial charge on any atom is -0.350 e. The summed E-state index contributed by atoms with van der Waals surface area (Å²) in [7, 11) is 0. The number of nitrogens with zero attached hydrogens (tertiary/aromatic N) is 2.